The number of benzene rings is 4. The molecule has 3 unspecified atom stereocenters. The van der Waals surface area contributed by atoms with E-state index in [4.69, 9.17) is 28.4 Å². The van der Waals surface area contributed by atoms with Crippen LogP contribution in [0.2, 0.25) is 0 Å². The molecule has 0 aromatic heterocycles. The Bertz CT molecular complexity index is 2010. The largest absolute Gasteiger partial charge is 0.550 e. The summed E-state index contributed by atoms with van der Waals surface area (Å²) in [6, 6.07) is 21.0. The topological polar surface area (TPSA) is 98.8 Å². The number of aliphatic carboxylic acids is 1. The second kappa shape index (κ2) is 18.3. The van der Waals surface area contributed by atoms with Crippen molar-refractivity contribution in [3.8, 4) is 46.0 Å². The first-order valence-corrected chi connectivity index (χ1v) is 19.0. The van der Waals surface area contributed by atoms with Gasteiger partial charge in [0.2, 0.25) is 5.75 Å². The van der Waals surface area contributed by atoms with Gasteiger partial charge in [-0.05, 0) is 110 Å². The minimum Gasteiger partial charge on any atom is -0.550 e. The van der Waals surface area contributed by atoms with Gasteiger partial charge in [0.15, 0.2) is 34.5 Å². The van der Waals surface area contributed by atoms with Gasteiger partial charge in [-0.15, -0.1) is 24.8 Å². The highest BCUT2D eigenvalue weighted by Crippen LogP contribution is 2.52. The van der Waals surface area contributed by atoms with Crippen LogP contribution in [0.5, 0.6) is 46.0 Å². The molecule has 302 valence electrons. The lowest BCUT2D eigenvalue weighted by atomic mass is 9.85. The molecule has 0 spiro atoms. The van der Waals surface area contributed by atoms with E-state index in [9.17, 15) is 9.90 Å². The summed E-state index contributed by atoms with van der Waals surface area (Å²) in [6.45, 7) is 2.73. The molecule has 0 aliphatic carbocycles. The number of carbonyl (C=O) groups excluding carboxylic acids is 1. The molecule has 0 saturated heterocycles. The smallest absolute Gasteiger partial charge is 0.204 e. The van der Waals surface area contributed by atoms with Crippen molar-refractivity contribution >= 4 is 30.8 Å². The summed E-state index contributed by atoms with van der Waals surface area (Å²) in [5.41, 5.74) is 6.97. The zero-order valence-corrected chi connectivity index (χ0v) is 34.8. The monoisotopic (exact) mass is 808 g/mol. The Morgan fingerprint density at radius 3 is 2.18 bits per heavy atom. The van der Waals surface area contributed by atoms with Gasteiger partial charge in [-0.2, -0.15) is 0 Å². The Kier molecular flexibility index (Phi) is 14.0. The quantitative estimate of drug-likeness (QED) is 0.117. The summed E-state index contributed by atoms with van der Waals surface area (Å²) >= 11 is 0. The number of hydrogen-bond donors (Lipinski definition) is 0. The van der Waals surface area contributed by atoms with Crippen LogP contribution in [0.15, 0.2) is 60.7 Å². The number of likely N-dealkylation sites (N-methyl/N-ethyl adjacent to an activating group) is 2. The van der Waals surface area contributed by atoms with Crippen LogP contribution in [0, 0.1) is 0 Å². The fourth-order valence-corrected chi connectivity index (χ4v) is 8.70. The molecule has 6 bridgehead atoms. The van der Waals surface area contributed by atoms with Gasteiger partial charge in [0, 0.05) is 42.5 Å². The Hall–Kier alpha value is -4.35. The number of carboxylic acids is 1. The van der Waals surface area contributed by atoms with Crippen molar-refractivity contribution in [3.63, 3.8) is 0 Å². The number of quaternary nitrogens is 1. The maximum absolute atomic E-state index is 11.1. The molecule has 0 saturated carbocycles. The first-order valence-electron chi connectivity index (χ1n) is 19.0. The molecular formula is C44H54Cl2N2O8. The first-order chi connectivity index (χ1) is 26.1. The average Bonchev–Trinajstić information content (AvgIpc) is 3.17. The number of hydrogen-bond acceptors (Lipinski definition) is 9. The molecule has 0 radical (unpaired) electrons. The van der Waals surface area contributed by atoms with E-state index >= 15 is 0 Å². The van der Waals surface area contributed by atoms with Crippen LogP contribution in [0.3, 0.4) is 0 Å². The SMILES string of the molecule is COc1ccc2cc1Oc1ccc(cc1)CC1c3cc(c(OC)cc3CC[N+]1(C)CCCCCC(=O)[O-])Oc1c(OC)c(OC)cc3c1C(C2)N(C)CC3.Cl.Cl. The number of carboxylic acid groups (broad SMARTS) is 1. The lowest BCUT2D eigenvalue weighted by Crippen LogP contribution is -2.52. The van der Waals surface area contributed by atoms with Crippen molar-refractivity contribution in [2.24, 2.45) is 0 Å². The van der Waals surface area contributed by atoms with Gasteiger partial charge in [-0.25, -0.2) is 0 Å². The van der Waals surface area contributed by atoms with Crippen molar-refractivity contribution < 1.29 is 42.8 Å². The number of nitrogens with zero attached hydrogens (tertiary/aromatic N) is 2. The van der Waals surface area contributed by atoms with E-state index in [2.05, 4.69) is 61.5 Å². The first kappa shape index (κ1) is 42.8. The number of halogens is 2. The third-order valence-corrected chi connectivity index (χ3v) is 11.8. The van der Waals surface area contributed by atoms with Crippen molar-refractivity contribution in [1.82, 2.24) is 4.90 Å². The van der Waals surface area contributed by atoms with Gasteiger partial charge in [-0.1, -0.05) is 18.2 Å². The third kappa shape index (κ3) is 8.64. The molecule has 4 heterocycles. The van der Waals surface area contributed by atoms with E-state index in [1.54, 1.807) is 28.4 Å². The number of fused-ring (bicyclic) bond motifs is 2. The normalized spacial score (nSPS) is 19.7. The lowest BCUT2D eigenvalue weighted by molar-refractivity contribution is -0.941. The Balaban J connectivity index is 0.00000300. The van der Waals surface area contributed by atoms with Gasteiger partial charge in [-0.3, -0.25) is 4.90 Å². The van der Waals surface area contributed by atoms with Gasteiger partial charge in [0.1, 0.15) is 11.8 Å². The highest BCUT2D eigenvalue weighted by molar-refractivity contribution is 5.85. The molecule has 4 aromatic rings. The highest BCUT2D eigenvalue weighted by atomic mass is 35.5. The Morgan fingerprint density at radius 1 is 0.786 bits per heavy atom. The fourth-order valence-electron chi connectivity index (χ4n) is 8.70. The van der Waals surface area contributed by atoms with Crippen molar-refractivity contribution in [1.29, 1.82) is 0 Å². The molecule has 0 amide bonds. The van der Waals surface area contributed by atoms with Gasteiger partial charge in [0.05, 0.1) is 48.6 Å². The maximum Gasteiger partial charge on any atom is 0.204 e. The molecule has 56 heavy (non-hydrogen) atoms. The van der Waals surface area contributed by atoms with Crippen LogP contribution < -0.4 is 33.5 Å². The summed E-state index contributed by atoms with van der Waals surface area (Å²) in [5, 5.41) is 11.1. The van der Waals surface area contributed by atoms with E-state index in [1.807, 2.05) is 18.2 Å². The summed E-state index contributed by atoms with van der Waals surface area (Å²) in [4.78, 5) is 13.5. The molecule has 4 aliphatic rings. The fraction of sp³-hybridized carbons (Fsp3) is 0.432. The van der Waals surface area contributed by atoms with E-state index in [0.29, 0.717) is 53.1 Å². The summed E-state index contributed by atoms with van der Waals surface area (Å²) in [5.74, 6) is 4.16. The minimum atomic E-state index is -0.988. The number of methoxy groups -OCH3 is 4. The Morgan fingerprint density at radius 2 is 1.48 bits per heavy atom. The number of rotatable bonds is 10. The highest BCUT2D eigenvalue weighted by Gasteiger charge is 2.40. The van der Waals surface area contributed by atoms with Crippen LogP contribution in [0.1, 0.15) is 71.1 Å². The zero-order chi connectivity index (χ0) is 38.0. The van der Waals surface area contributed by atoms with Crippen LogP contribution in [0.25, 0.3) is 0 Å². The standard InChI is InChI=1S/C44H52N2O8.2ClH/c1-45-19-17-31-26-40(51-5)43(52-6)44-42(31)34(45)22-29-13-16-36(49-3)38(24-29)53-32-14-11-28(12-15-32)23-35-33-27-39(54-44)37(50-4)25-30(33)18-21-46(35,2)20-9-7-8-10-41(47)48;;/h11-16,24-27,34-35H,7-10,17-23H2,1-6H3;2*1H. The number of unbranched alkanes of at least 4 members (excludes halogenated alkanes) is 2. The molecule has 0 fully saturated rings. The van der Waals surface area contributed by atoms with Crippen LogP contribution in [-0.2, 0) is 30.5 Å². The second-order valence-electron chi connectivity index (χ2n) is 15.1. The maximum atomic E-state index is 11.1. The number of ether oxygens (including phenoxy) is 6. The van der Waals surface area contributed by atoms with Crippen molar-refractivity contribution in [2.75, 3.05) is 62.2 Å². The molecule has 10 nitrogen and oxygen atoms in total. The predicted molar refractivity (Wildman–Crippen MR) is 219 cm³/mol. The molecule has 4 aromatic carbocycles. The summed E-state index contributed by atoms with van der Waals surface area (Å²) in [7, 11) is 11.2. The Labute approximate surface area is 343 Å². The van der Waals surface area contributed by atoms with Gasteiger partial charge < -0.3 is 42.8 Å². The summed E-state index contributed by atoms with van der Waals surface area (Å²) in [6.07, 6.45) is 5.67. The van der Waals surface area contributed by atoms with Crippen molar-refractivity contribution in [3.05, 3.63) is 94.0 Å². The lowest BCUT2D eigenvalue weighted by Gasteiger charge is -2.46. The second-order valence-corrected chi connectivity index (χ2v) is 15.1. The van der Waals surface area contributed by atoms with E-state index < -0.39 is 5.97 Å². The minimum absolute atomic E-state index is 0. The predicted octanol–water partition coefficient (Wildman–Crippen LogP) is 7.83. The average molecular weight is 810 g/mol. The van der Waals surface area contributed by atoms with Crippen LogP contribution in [-0.4, -0.2) is 77.5 Å². The number of carbonyl (C=O) groups is 1. The van der Waals surface area contributed by atoms with E-state index in [0.717, 1.165) is 78.7 Å². The molecule has 3 atom stereocenters. The van der Waals surface area contributed by atoms with E-state index in [-0.39, 0.29) is 43.3 Å². The van der Waals surface area contributed by atoms with Gasteiger partial charge in [0.25, 0.3) is 0 Å². The molecular weight excluding hydrogens is 755 g/mol. The van der Waals surface area contributed by atoms with Gasteiger partial charge >= 0.3 is 0 Å². The van der Waals surface area contributed by atoms with Crippen molar-refractivity contribution in [2.45, 2.75) is 63.5 Å². The van der Waals surface area contributed by atoms with Crippen LogP contribution >= 0.6 is 24.8 Å². The molecule has 12 heteroatoms. The third-order valence-electron chi connectivity index (χ3n) is 11.8. The van der Waals surface area contributed by atoms with E-state index in [1.165, 1.54) is 16.7 Å². The zero-order valence-electron chi connectivity index (χ0n) is 33.2. The molecule has 4 aliphatic heterocycles. The molecule has 8 rings (SSSR count). The summed E-state index contributed by atoms with van der Waals surface area (Å²) < 4.78 is 38.3. The molecule has 0 N–H and O–H groups in total. The van der Waals surface area contributed by atoms with Crippen LogP contribution in [0.4, 0.5) is 0 Å².